The second-order valence-electron chi connectivity index (χ2n) is 8.51. The number of carbonyl (C=O) groups is 1. The lowest BCUT2D eigenvalue weighted by Gasteiger charge is -2.25. The van der Waals surface area contributed by atoms with Crippen LogP contribution in [0.2, 0.25) is 0 Å². The monoisotopic (exact) mass is 436 g/mol. The zero-order valence-corrected chi connectivity index (χ0v) is 19.3. The SMILES string of the molecule is C=CCNCc1ccc2c(c1)nc(CN(CC(C)C)C(=O)c1cccc(F)c1)n2CCC. The third-order valence-corrected chi connectivity index (χ3v) is 5.23. The van der Waals surface area contributed by atoms with Gasteiger partial charge in [0.1, 0.15) is 11.6 Å². The summed E-state index contributed by atoms with van der Waals surface area (Å²) in [6.45, 7) is 13.3. The third-order valence-electron chi connectivity index (χ3n) is 5.23. The smallest absolute Gasteiger partial charge is 0.254 e. The molecule has 0 atom stereocenters. The summed E-state index contributed by atoms with van der Waals surface area (Å²) in [6, 6.07) is 12.2. The molecule has 1 N–H and O–H groups in total. The molecule has 5 nitrogen and oxygen atoms in total. The van der Waals surface area contributed by atoms with Crippen LogP contribution in [-0.4, -0.2) is 33.4 Å². The number of nitrogens with one attached hydrogen (secondary N) is 1. The first kappa shape index (κ1) is 23.7. The minimum Gasteiger partial charge on any atom is -0.331 e. The average Bonchev–Trinajstić information content (AvgIpc) is 3.09. The number of rotatable bonds is 11. The first-order valence-electron chi connectivity index (χ1n) is 11.3. The Morgan fingerprint density at radius 2 is 2.09 bits per heavy atom. The lowest BCUT2D eigenvalue weighted by molar-refractivity contribution is 0.0715. The highest BCUT2D eigenvalue weighted by Crippen LogP contribution is 2.21. The van der Waals surface area contributed by atoms with Crippen LogP contribution in [0, 0.1) is 11.7 Å². The molecule has 6 heteroatoms. The van der Waals surface area contributed by atoms with Crippen molar-refractivity contribution in [3.8, 4) is 0 Å². The van der Waals surface area contributed by atoms with Crippen molar-refractivity contribution in [2.75, 3.05) is 13.1 Å². The molecule has 0 saturated heterocycles. The maximum atomic E-state index is 13.7. The Morgan fingerprint density at radius 3 is 2.78 bits per heavy atom. The summed E-state index contributed by atoms with van der Waals surface area (Å²) < 4.78 is 15.9. The van der Waals surface area contributed by atoms with Crippen molar-refractivity contribution in [1.82, 2.24) is 19.8 Å². The lowest BCUT2D eigenvalue weighted by atomic mass is 10.1. The third kappa shape index (κ3) is 5.82. The largest absolute Gasteiger partial charge is 0.331 e. The Bertz CT molecular complexity index is 1070. The highest BCUT2D eigenvalue weighted by atomic mass is 19.1. The van der Waals surface area contributed by atoms with Crippen LogP contribution in [0.15, 0.2) is 55.1 Å². The van der Waals surface area contributed by atoms with Crippen molar-refractivity contribution in [2.45, 2.75) is 46.8 Å². The van der Waals surface area contributed by atoms with Crippen LogP contribution in [0.5, 0.6) is 0 Å². The molecular formula is C26H33FN4O. The quantitative estimate of drug-likeness (QED) is 0.334. The normalized spacial score (nSPS) is 11.3. The van der Waals surface area contributed by atoms with Gasteiger partial charge in [-0.15, -0.1) is 6.58 Å². The molecular weight excluding hydrogens is 403 g/mol. The molecule has 170 valence electrons. The Labute approximate surface area is 190 Å². The molecule has 0 aliphatic carbocycles. The van der Waals surface area contributed by atoms with Crippen molar-refractivity contribution in [3.63, 3.8) is 0 Å². The summed E-state index contributed by atoms with van der Waals surface area (Å²) in [5.74, 6) is 0.543. The maximum absolute atomic E-state index is 13.7. The number of hydrogen-bond donors (Lipinski definition) is 1. The summed E-state index contributed by atoms with van der Waals surface area (Å²) in [5, 5.41) is 3.32. The Kier molecular flexibility index (Phi) is 8.17. The van der Waals surface area contributed by atoms with E-state index in [-0.39, 0.29) is 11.8 Å². The number of hydrogen-bond acceptors (Lipinski definition) is 3. The second kappa shape index (κ2) is 11.0. The second-order valence-corrected chi connectivity index (χ2v) is 8.51. The molecule has 0 saturated carbocycles. The number of carbonyl (C=O) groups excluding carboxylic acids is 1. The van der Waals surface area contributed by atoms with Gasteiger partial charge in [0.2, 0.25) is 0 Å². The first-order chi connectivity index (χ1) is 15.4. The van der Waals surface area contributed by atoms with Crippen LogP contribution in [0.1, 0.15) is 48.9 Å². The van der Waals surface area contributed by atoms with E-state index in [0.29, 0.717) is 18.7 Å². The van der Waals surface area contributed by atoms with Gasteiger partial charge in [-0.05, 0) is 48.2 Å². The summed E-state index contributed by atoms with van der Waals surface area (Å²) in [4.78, 5) is 19.9. The summed E-state index contributed by atoms with van der Waals surface area (Å²) in [6.07, 6.45) is 2.80. The number of imidazole rings is 1. The molecule has 0 aliphatic heterocycles. The highest BCUT2D eigenvalue weighted by Gasteiger charge is 2.21. The van der Waals surface area contributed by atoms with E-state index in [1.807, 2.05) is 6.08 Å². The van der Waals surface area contributed by atoms with Gasteiger partial charge < -0.3 is 14.8 Å². The van der Waals surface area contributed by atoms with Gasteiger partial charge in [0.25, 0.3) is 5.91 Å². The number of halogens is 1. The van der Waals surface area contributed by atoms with Gasteiger partial charge in [0, 0.05) is 31.7 Å². The number of aryl methyl sites for hydroxylation is 1. The van der Waals surface area contributed by atoms with Crippen LogP contribution in [0.25, 0.3) is 11.0 Å². The van der Waals surface area contributed by atoms with Gasteiger partial charge in [-0.25, -0.2) is 9.37 Å². The standard InChI is InChI=1S/C26H33FN4O/c1-5-12-28-16-20-10-11-24-23(14-20)29-25(31(24)13-6-2)18-30(17-19(3)4)26(32)21-8-7-9-22(27)15-21/h5,7-11,14-15,19,28H,1,6,12-13,16-18H2,2-4H3. The number of benzene rings is 2. The summed E-state index contributed by atoms with van der Waals surface area (Å²) in [5.41, 5.74) is 3.51. The molecule has 0 unspecified atom stereocenters. The number of aromatic nitrogens is 2. The molecule has 2 aromatic carbocycles. The van der Waals surface area contributed by atoms with E-state index >= 15 is 0 Å². The van der Waals surface area contributed by atoms with E-state index in [0.717, 1.165) is 48.5 Å². The molecule has 1 heterocycles. The van der Waals surface area contributed by atoms with Gasteiger partial charge in [0.05, 0.1) is 17.6 Å². The Hall–Kier alpha value is -2.99. The Balaban J connectivity index is 1.94. The molecule has 0 bridgehead atoms. The van der Waals surface area contributed by atoms with E-state index in [2.05, 4.69) is 55.4 Å². The van der Waals surface area contributed by atoms with Crippen LogP contribution in [-0.2, 0) is 19.6 Å². The van der Waals surface area contributed by atoms with Gasteiger partial charge in [-0.2, -0.15) is 0 Å². The molecule has 0 radical (unpaired) electrons. The lowest BCUT2D eigenvalue weighted by Crippen LogP contribution is -2.34. The highest BCUT2D eigenvalue weighted by molar-refractivity contribution is 5.94. The molecule has 32 heavy (non-hydrogen) atoms. The fraction of sp³-hybridized carbons (Fsp3) is 0.385. The molecule has 3 rings (SSSR count). The van der Waals surface area contributed by atoms with Crippen molar-refractivity contribution in [2.24, 2.45) is 5.92 Å². The molecule has 3 aromatic rings. The zero-order valence-electron chi connectivity index (χ0n) is 19.3. The van der Waals surface area contributed by atoms with Crippen LogP contribution >= 0.6 is 0 Å². The van der Waals surface area contributed by atoms with Crippen LogP contribution in [0.4, 0.5) is 4.39 Å². The molecule has 0 fully saturated rings. The van der Waals surface area contributed by atoms with Crippen molar-refractivity contribution < 1.29 is 9.18 Å². The topological polar surface area (TPSA) is 50.2 Å². The van der Waals surface area contributed by atoms with Gasteiger partial charge in [0.15, 0.2) is 0 Å². The van der Waals surface area contributed by atoms with Crippen LogP contribution in [0.3, 0.4) is 0 Å². The average molecular weight is 437 g/mol. The van der Waals surface area contributed by atoms with E-state index in [9.17, 15) is 9.18 Å². The van der Waals surface area contributed by atoms with E-state index in [1.165, 1.54) is 12.1 Å². The summed E-state index contributed by atoms with van der Waals surface area (Å²) in [7, 11) is 0. The maximum Gasteiger partial charge on any atom is 0.254 e. The fourth-order valence-electron chi connectivity index (χ4n) is 3.88. The zero-order chi connectivity index (χ0) is 23.1. The van der Waals surface area contributed by atoms with Gasteiger partial charge >= 0.3 is 0 Å². The first-order valence-corrected chi connectivity index (χ1v) is 11.3. The van der Waals surface area contributed by atoms with Gasteiger partial charge in [-0.1, -0.05) is 39.0 Å². The van der Waals surface area contributed by atoms with Crippen LogP contribution < -0.4 is 5.32 Å². The van der Waals surface area contributed by atoms with E-state index < -0.39 is 5.82 Å². The molecule has 0 spiro atoms. The Morgan fingerprint density at radius 1 is 1.28 bits per heavy atom. The number of nitrogens with zero attached hydrogens (tertiary/aromatic N) is 3. The minimum absolute atomic E-state index is 0.178. The minimum atomic E-state index is -0.406. The van der Waals surface area contributed by atoms with Crippen molar-refractivity contribution in [1.29, 1.82) is 0 Å². The molecule has 1 aromatic heterocycles. The molecule has 0 aliphatic rings. The molecule has 1 amide bonds. The predicted octanol–water partition coefficient (Wildman–Crippen LogP) is 5.16. The number of fused-ring (bicyclic) bond motifs is 1. The van der Waals surface area contributed by atoms with E-state index in [1.54, 1.807) is 17.0 Å². The predicted molar refractivity (Wildman–Crippen MR) is 128 cm³/mol. The van der Waals surface area contributed by atoms with Crippen molar-refractivity contribution >= 4 is 16.9 Å². The van der Waals surface area contributed by atoms with Gasteiger partial charge in [-0.3, -0.25) is 4.79 Å². The fourth-order valence-corrected chi connectivity index (χ4v) is 3.88. The number of amides is 1. The van der Waals surface area contributed by atoms with E-state index in [4.69, 9.17) is 4.98 Å². The summed E-state index contributed by atoms with van der Waals surface area (Å²) >= 11 is 0. The van der Waals surface area contributed by atoms with Crippen molar-refractivity contribution in [3.05, 3.63) is 77.9 Å².